The Kier molecular flexibility index (Phi) is 4.99. The molecule has 3 rings (SSSR count). The first-order chi connectivity index (χ1) is 11.8. The van der Waals surface area contributed by atoms with E-state index in [1.54, 1.807) is 13.0 Å². The van der Waals surface area contributed by atoms with Crippen LogP contribution >= 0.6 is 11.6 Å². The molecular weight excluding hydrogens is 370 g/mol. The molecule has 0 aliphatic carbocycles. The molecular formula is C17H17ClF2N2O2S. The standard InChI is InChI=1S/C17H17ClF2N2O2S/c1-12-10-13(19)2-5-17(12)25(23,24)22-8-6-21(7-9-22)14-3-4-16(20)15(18)11-14/h2-5,10-11H,6-9H2,1H3. The van der Waals surface area contributed by atoms with E-state index in [9.17, 15) is 17.2 Å². The molecule has 25 heavy (non-hydrogen) atoms. The van der Waals surface area contributed by atoms with Crippen molar-refractivity contribution in [1.82, 2.24) is 4.31 Å². The summed E-state index contributed by atoms with van der Waals surface area (Å²) in [5, 5.41) is 0.0366. The average molecular weight is 387 g/mol. The largest absolute Gasteiger partial charge is 0.369 e. The fourth-order valence-corrected chi connectivity index (χ4v) is 4.71. The van der Waals surface area contributed by atoms with Crippen molar-refractivity contribution < 1.29 is 17.2 Å². The zero-order valence-corrected chi connectivity index (χ0v) is 15.1. The van der Waals surface area contributed by atoms with Gasteiger partial charge in [-0.3, -0.25) is 0 Å². The van der Waals surface area contributed by atoms with Crippen LogP contribution in [0.4, 0.5) is 14.5 Å². The summed E-state index contributed by atoms with van der Waals surface area (Å²) in [6, 6.07) is 8.11. The van der Waals surface area contributed by atoms with Crippen LogP contribution in [0.3, 0.4) is 0 Å². The Bertz CT molecular complexity index is 898. The van der Waals surface area contributed by atoms with Gasteiger partial charge in [0.25, 0.3) is 0 Å². The number of rotatable bonds is 3. The van der Waals surface area contributed by atoms with Crippen LogP contribution in [0.25, 0.3) is 0 Å². The molecule has 2 aromatic carbocycles. The van der Waals surface area contributed by atoms with E-state index >= 15 is 0 Å². The maximum absolute atomic E-state index is 13.3. The van der Waals surface area contributed by atoms with E-state index < -0.39 is 21.7 Å². The number of benzene rings is 2. The van der Waals surface area contributed by atoms with E-state index in [2.05, 4.69) is 0 Å². The quantitative estimate of drug-likeness (QED) is 0.811. The summed E-state index contributed by atoms with van der Waals surface area (Å²) in [6.45, 7) is 3.07. The van der Waals surface area contributed by atoms with E-state index in [0.29, 0.717) is 18.7 Å². The van der Waals surface area contributed by atoms with Crippen molar-refractivity contribution in [2.45, 2.75) is 11.8 Å². The second-order valence-electron chi connectivity index (χ2n) is 5.90. The summed E-state index contributed by atoms with van der Waals surface area (Å²) in [5.74, 6) is -0.951. The van der Waals surface area contributed by atoms with Gasteiger partial charge in [0, 0.05) is 31.9 Å². The number of piperazine rings is 1. The monoisotopic (exact) mass is 386 g/mol. The molecule has 0 bridgehead atoms. The van der Waals surface area contributed by atoms with Crippen LogP contribution < -0.4 is 4.90 Å². The Labute approximate surface area is 150 Å². The highest BCUT2D eigenvalue weighted by Gasteiger charge is 2.29. The molecule has 0 unspecified atom stereocenters. The van der Waals surface area contributed by atoms with E-state index in [1.807, 2.05) is 4.90 Å². The minimum Gasteiger partial charge on any atom is -0.369 e. The van der Waals surface area contributed by atoms with Crippen LogP contribution in [0.2, 0.25) is 5.02 Å². The third-order valence-electron chi connectivity index (χ3n) is 4.26. The molecule has 0 N–H and O–H groups in total. The molecule has 1 fully saturated rings. The molecule has 1 heterocycles. The highest BCUT2D eigenvalue weighted by molar-refractivity contribution is 7.89. The molecule has 1 aliphatic rings. The first-order valence-electron chi connectivity index (χ1n) is 7.75. The van der Waals surface area contributed by atoms with E-state index in [4.69, 9.17) is 11.6 Å². The Morgan fingerprint density at radius 3 is 2.28 bits per heavy atom. The predicted octanol–water partition coefficient (Wildman–Crippen LogP) is 3.44. The van der Waals surface area contributed by atoms with Crippen molar-refractivity contribution >= 4 is 27.3 Å². The van der Waals surface area contributed by atoms with Crippen molar-refractivity contribution in [1.29, 1.82) is 0 Å². The fraction of sp³-hybridized carbons (Fsp3) is 0.294. The van der Waals surface area contributed by atoms with Crippen LogP contribution in [0.5, 0.6) is 0 Å². The van der Waals surface area contributed by atoms with Gasteiger partial charge in [-0.1, -0.05) is 11.6 Å². The van der Waals surface area contributed by atoms with Crippen LogP contribution in [-0.4, -0.2) is 38.9 Å². The SMILES string of the molecule is Cc1cc(F)ccc1S(=O)(=O)N1CCN(c2ccc(F)c(Cl)c2)CC1. The minimum atomic E-state index is -3.68. The fourth-order valence-electron chi connectivity index (χ4n) is 2.91. The molecule has 0 atom stereocenters. The van der Waals surface area contributed by atoms with E-state index in [-0.39, 0.29) is 23.0 Å². The molecule has 0 aromatic heterocycles. The van der Waals surface area contributed by atoms with Gasteiger partial charge in [0.1, 0.15) is 11.6 Å². The number of halogens is 3. The molecule has 0 spiro atoms. The molecule has 4 nitrogen and oxygen atoms in total. The van der Waals surface area contributed by atoms with Gasteiger partial charge in [-0.25, -0.2) is 17.2 Å². The Hall–Kier alpha value is -1.70. The molecule has 0 saturated carbocycles. The lowest BCUT2D eigenvalue weighted by atomic mass is 10.2. The summed E-state index contributed by atoms with van der Waals surface area (Å²) in [5.41, 5.74) is 1.13. The number of aryl methyl sites for hydroxylation is 1. The average Bonchev–Trinajstić information content (AvgIpc) is 2.57. The van der Waals surface area contributed by atoms with Gasteiger partial charge in [0.05, 0.1) is 9.92 Å². The van der Waals surface area contributed by atoms with Crippen LogP contribution in [0.1, 0.15) is 5.56 Å². The van der Waals surface area contributed by atoms with Gasteiger partial charge in [-0.2, -0.15) is 4.31 Å². The molecule has 1 aliphatic heterocycles. The summed E-state index contributed by atoms with van der Waals surface area (Å²) in [4.78, 5) is 2.07. The third-order valence-corrected chi connectivity index (χ3v) is 6.61. The van der Waals surface area contributed by atoms with Gasteiger partial charge >= 0.3 is 0 Å². The highest BCUT2D eigenvalue weighted by atomic mass is 35.5. The van der Waals surface area contributed by atoms with Gasteiger partial charge in [-0.05, 0) is 48.9 Å². The van der Waals surface area contributed by atoms with E-state index in [0.717, 1.165) is 11.8 Å². The number of hydrogen-bond acceptors (Lipinski definition) is 3. The smallest absolute Gasteiger partial charge is 0.243 e. The van der Waals surface area contributed by atoms with Gasteiger partial charge in [-0.15, -0.1) is 0 Å². The third kappa shape index (κ3) is 3.63. The van der Waals surface area contributed by atoms with Gasteiger partial charge < -0.3 is 4.90 Å². The van der Waals surface area contributed by atoms with Gasteiger partial charge in [0.15, 0.2) is 0 Å². The maximum atomic E-state index is 13.3. The number of nitrogens with zero attached hydrogens (tertiary/aromatic N) is 2. The normalized spacial score (nSPS) is 16.2. The maximum Gasteiger partial charge on any atom is 0.243 e. The van der Waals surface area contributed by atoms with Crippen LogP contribution in [-0.2, 0) is 10.0 Å². The first-order valence-corrected chi connectivity index (χ1v) is 9.57. The molecule has 0 radical (unpaired) electrons. The van der Waals surface area contributed by atoms with Crippen molar-refractivity contribution in [3.63, 3.8) is 0 Å². The summed E-state index contributed by atoms with van der Waals surface area (Å²) in [6.07, 6.45) is 0. The minimum absolute atomic E-state index is 0.0366. The van der Waals surface area contributed by atoms with Crippen molar-refractivity contribution in [3.05, 3.63) is 58.6 Å². The van der Waals surface area contributed by atoms with E-state index in [1.165, 1.54) is 28.6 Å². The topological polar surface area (TPSA) is 40.6 Å². The Morgan fingerprint density at radius 1 is 1.00 bits per heavy atom. The predicted molar refractivity (Wildman–Crippen MR) is 93.5 cm³/mol. The number of sulfonamides is 1. The zero-order valence-electron chi connectivity index (χ0n) is 13.5. The Morgan fingerprint density at radius 2 is 1.68 bits per heavy atom. The Balaban J connectivity index is 1.76. The molecule has 8 heteroatoms. The molecule has 0 amide bonds. The molecule has 2 aromatic rings. The van der Waals surface area contributed by atoms with Crippen molar-refractivity contribution in [2.75, 3.05) is 31.1 Å². The zero-order chi connectivity index (χ0) is 18.2. The second-order valence-corrected chi connectivity index (χ2v) is 8.21. The molecule has 134 valence electrons. The highest BCUT2D eigenvalue weighted by Crippen LogP contribution is 2.26. The van der Waals surface area contributed by atoms with Crippen molar-refractivity contribution in [3.8, 4) is 0 Å². The molecule has 1 saturated heterocycles. The summed E-state index contributed by atoms with van der Waals surface area (Å²) in [7, 11) is -3.68. The lowest BCUT2D eigenvalue weighted by Crippen LogP contribution is -2.48. The lowest BCUT2D eigenvalue weighted by molar-refractivity contribution is 0.384. The number of hydrogen-bond donors (Lipinski definition) is 0. The van der Waals surface area contributed by atoms with Crippen molar-refractivity contribution in [2.24, 2.45) is 0 Å². The first kappa shape index (κ1) is 18.1. The summed E-state index contributed by atoms with van der Waals surface area (Å²) >= 11 is 5.81. The lowest BCUT2D eigenvalue weighted by Gasteiger charge is -2.35. The second kappa shape index (κ2) is 6.90. The van der Waals surface area contributed by atoms with Crippen LogP contribution in [0.15, 0.2) is 41.3 Å². The van der Waals surface area contributed by atoms with Crippen LogP contribution in [0, 0.1) is 18.6 Å². The van der Waals surface area contributed by atoms with Gasteiger partial charge in [0.2, 0.25) is 10.0 Å². The summed E-state index contributed by atoms with van der Waals surface area (Å²) < 4.78 is 53.4. The number of anilines is 1.